The van der Waals surface area contributed by atoms with E-state index in [2.05, 4.69) is 4.98 Å². The van der Waals surface area contributed by atoms with Crippen LogP contribution < -0.4 is 5.73 Å². The van der Waals surface area contributed by atoms with E-state index in [-0.39, 0.29) is 10.6 Å². The third kappa shape index (κ3) is 1.79. The zero-order valence-corrected chi connectivity index (χ0v) is 11.1. The molecule has 1 aromatic heterocycles. The second-order valence-electron chi connectivity index (χ2n) is 3.94. The number of nitrogens with two attached hydrogens (primary N) is 1. The fourth-order valence-electron chi connectivity index (χ4n) is 2.04. The van der Waals surface area contributed by atoms with Gasteiger partial charge in [-0.2, -0.15) is 5.26 Å². The average Bonchev–Trinajstić information content (AvgIpc) is 2.74. The molecule has 7 heteroatoms. The Balaban J connectivity index is 2.37. The SMILES string of the molecule is N#CC1=C(C(N)=O)SCc2nc3cc(Cl)ccc3n21. The fourth-order valence-corrected chi connectivity index (χ4v) is 3.09. The summed E-state index contributed by atoms with van der Waals surface area (Å²) in [6, 6.07) is 7.26. The molecule has 94 valence electrons. The number of fused-ring (bicyclic) bond motifs is 3. The molecule has 0 atom stereocenters. The highest BCUT2D eigenvalue weighted by molar-refractivity contribution is 8.03. The van der Waals surface area contributed by atoms with Gasteiger partial charge in [0.15, 0.2) is 0 Å². The maximum atomic E-state index is 11.4. The predicted octanol–water partition coefficient (Wildman–Crippen LogP) is 2.11. The molecule has 0 unspecified atom stereocenters. The van der Waals surface area contributed by atoms with Crippen LogP contribution in [-0.4, -0.2) is 15.5 Å². The number of imidazole rings is 1. The first-order chi connectivity index (χ1) is 9.11. The molecule has 2 N–H and O–H groups in total. The van der Waals surface area contributed by atoms with E-state index in [1.165, 1.54) is 11.8 Å². The van der Waals surface area contributed by atoms with E-state index in [0.29, 0.717) is 22.1 Å². The highest BCUT2D eigenvalue weighted by Gasteiger charge is 2.25. The molecular formula is C12H7ClN4OS. The first kappa shape index (κ1) is 12.1. The number of amides is 1. The van der Waals surface area contributed by atoms with Crippen LogP contribution in [0.2, 0.25) is 5.02 Å². The Morgan fingerprint density at radius 1 is 1.58 bits per heavy atom. The summed E-state index contributed by atoms with van der Waals surface area (Å²) in [6.45, 7) is 0. The van der Waals surface area contributed by atoms with Gasteiger partial charge in [0, 0.05) is 5.02 Å². The van der Waals surface area contributed by atoms with Crippen LogP contribution in [0.5, 0.6) is 0 Å². The quantitative estimate of drug-likeness (QED) is 0.872. The smallest absolute Gasteiger partial charge is 0.258 e. The first-order valence-electron chi connectivity index (χ1n) is 5.36. The van der Waals surface area contributed by atoms with Gasteiger partial charge >= 0.3 is 0 Å². The van der Waals surface area contributed by atoms with Crippen molar-refractivity contribution in [1.82, 2.24) is 9.55 Å². The summed E-state index contributed by atoms with van der Waals surface area (Å²) >= 11 is 7.16. The van der Waals surface area contributed by atoms with Crippen LogP contribution in [0.3, 0.4) is 0 Å². The second kappa shape index (κ2) is 4.30. The van der Waals surface area contributed by atoms with Crippen LogP contribution in [0, 0.1) is 11.3 Å². The molecular weight excluding hydrogens is 284 g/mol. The minimum Gasteiger partial charge on any atom is -0.365 e. The zero-order chi connectivity index (χ0) is 13.6. The molecule has 2 heterocycles. The van der Waals surface area contributed by atoms with Crippen molar-refractivity contribution in [2.75, 3.05) is 0 Å². The number of primary amides is 1. The Kier molecular flexibility index (Phi) is 2.73. The number of hydrogen-bond acceptors (Lipinski definition) is 4. The summed E-state index contributed by atoms with van der Waals surface area (Å²) < 4.78 is 1.67. The molecule has 0 fully saturated rings. The van der Waals surface area contributed by atoms with Gasteiger partial charge in [0.05, 0.1) is 16.8 Å². The third-order valence-electron chi connectivity index (χ3n) is 2.80. The molecule has 0 radical (unpaired) electrons. The average molecular weight is 291 g/mol. The number of thioether (sulfide) groups is 1. The molecule has 0 saturated heterocycles. The summed E-state index contributed by atoms with van der Waals surface area (Å²) in [7, 11) is 0. The molecule has 3 rings (SSSR count). The van der Waals surface area contributed by atoms with Gasteiger partial charge < -0.3 is 5.73 Å². The van der Waals surface area contributed by atoms with E-state index >= 15 is 0 Å². The van der Waals surface area contributed by atoms with Crippen LogP contribution in [0.1, 0.15) is 5.82 Å². The molecule has 1 aromatic carbocycles. The highest BCUT2D eigenvalue weighted by Crippen LogP contribution is 2.35. The van der Waals surface area contributed by atoms with Crippen LogP contribution >= 0.6 is 23.4 Å². The minimum atomic E-state index is -0.594. The van der Waals surface area contributed by atoms with Gasteiger partial charge in [-0.25, -0.2) is 4.98 Å². The zero-order valence-electron chi connectivity index (χ0n) is 9.55. The van der Waals surface area contributed by atoms with Crippen molar-refractivity contribution >= 4 is 46.0 Å². The lowest BCUT2D eigenvalue weighted by Gasteiger charge is -2.16. The molecule has 1 aliphatic heterocycles. The number of hydrogen-bond donors (Lipinski definition) is 1. The molecule has 0 bridgehead atoms. The minimum absolute atomic E-state index is 0.226. The van der Waals surface area contributed by atoms with E-state index in [9.17, 15) is 10.1 Å². The molecule has 19 heavy (non-hydrogen) atoms. The van der Waals surface area contributed by atoms with Crippen LogP contribution in [0.15, 0.2) is 23.1 Å². The number of carbonyl (C=O) groups is 1. The van der Waals surface area contributed by atoms with Crippen molar-refractivity contribution in [3.63, 3.8) is 0 Å². The van der Waals surface area contributed by atoms with Crippen molar-refractivity contribution in [3.05, 3.63) is 34.0 Å². The summed E-state index contributed by atoms with van der Waals surface area (Å²) in [5.74, 6) is 0.613. The number of aromatic nitrogens is 2. The fraction of sp³-hybridized carbons (Fsp3) is 0.0833. The number of carbonyl (C=O) groups excluding carboxylic acids is 1. The van der Waals surface area contributed by atoms with Crippen molar-refractivity contribution in [1.29, 1.82) is 5.26 Å². The predicted molar refractivity (Wildman–Crippen MR) is 74.1 cm³/mol. The van der Waals surface area contributed by atoms with Gasteiger partial charge in [-0.3, -0.25) is 9.36 Å². The molecule has 1 amide bonds. The third-order valence-corrected chi connectivity index (χ3v) is 4.12. The Morgan fingerprint density at radius 2 is 2.37 bits per heavy atom. The van der Waals surface area contributed by atoms with E-state index in [1.807, 2.05) is 6.07 Å². The lowest BCUT2D eigenvalue weighted by molar-refractivity contribution is -0.113. The van der Waals surface area contributed by atoms with Crippen molar-refractivity contribution in [3.8, 4) is 6.07 Å². The number of halogens is 1. The Labute approximate surface area is 117 Å². The molecule has 0 saturated carbocycles. The standard InChI is InChI=1S/C12H7ClN4OS/c13-6-1-2-8-7(3-6)16-10-5-19-11(12(15)18)9(4-14)17(8)10/h1-3H,5H2,(H2,15,18). The number of nitriles is 1. The number of allylic oxidation sites excluding steroid dienone is 1. The monoisotopic (exact) mass is 290 g/mol. The number of benzene rings is 1. The van der Waals surface area contributed by atoms with Gasteiger partial charge in [0.2, 0.25) is 0 Å². The van der Waals surface area contributed by atoms with Crippen LogP contribution in [-0.2, 0) is 10.5 Å². The van der Waals surface area contributed by atoms with E-state index in [1.54, 1.807) is 22.8 Å². The Hall–Kier alpha value is -1.97. The maximum absolute atomic E-state index is 11.4. The van der Waals surface area contributed by atoms with Gasteiger partial charge in [0.25, 0.3) is 5.91 Å². The normalized spacial score (nSPS) is 14.3. The summed E-state index contributed by atoms with van der Waals surface area (Å²) in [5.41, 5.74) is 6.97. The topological polar surface area (TPSA) is 84.7 Å². The van der Waals surface area contributed by atoms with Crippen LogP contribution in [0.25, 0.3) is 16.7 Å². The van der Waals surface area contributed by atoms with Crippen molar-refractivity contribution in [2.24, 2.45) is 5.73 Å². The van der Waals surface area contributed by atoms with E-state index < -0.39 is 5.91 Å². The Morgan fingerprint density at radius 3 is 3.05 bits per heavy atom. The lowest BCUT2D eigenvalue weighted by Crippen LogP contribution is -2.19. The first-order valence-corrected chi connectivity index (χ1v) is 6.72. The van der Waals surface area contributed by atoms with Gasteiger partial charge in [-0.05, 0) is 18.2 Å². The Bertz CT molecular complexity index is 787. The molecule has 2 aromatic rings. The van der Waals surface area contributed by atoms with E-state index in [0.717, 1.165) is 5.52 Å². The highest BCUT2D eigenvalue weighted by atomic mass is 35.5. The summed E-state index contributed by atoms with van der Waals surface area (Å²) in [6.07, 6.45) is 0. The van der Waals surface area contributed by atoms with Gasteiger partial charge in [-0.15, -0.1) is 11.8 Å². The summed E-state index contributed by atoms with van der Waals surface area (Å²) in [5, 5.41) is 9.86. The van der Waals surface area contributed by atoms with Gasteiger partial charge in [0.1, 0.15) is 22.5 Å². The number of rotatable bonds is 1. The van der Waals surface area contributed by atoms with E-state index in [4.69, 9.17) is 17.3 Å². The second-order valence-corrected chi connectivity index (χ2v) is 5.36. The molecule has 0 spiro atoms. The molecule has 0 aliphatic carbocycles. The molecule has 5 nitrogen and oxygen atoms in total. The van der Waals surface area contributed by atoms with Crippen molar-refractivity contribution < 1.29 is 4.79 Å². The van der Waals surface area contributed by atoms with Crippen LogP contribution in [0.4, 0.5) is 0 Å². The lowest BCUT2D eigenvalue weighted by atomic mass is 10.3. The summed E-state index contributed by atoms with van der Waals surface area (Å²) in [4.78, 5) is 16.1. The molecule has 1 aliphatic rings. The maximum Gasteiger partial charge on any atom is 0.258 e. The van der Waals surface area contributed by atoms with Gasteiger partial charge in [-0.1, -0.05) is 11.6 Å². The number of nitrogens with zero attached hydrogens (tertiary/aromatic N) is 3. The largest absolute Gasteiger partial charge is 0.365 e. The van der Waals surface area contributed by atoms with Crippen molar-refractivity contribution in [2.45, 2.75) is 5.75 Å².